The average molecular weight is 342 g/mol. The van der Waals surface area contributed by atoms with Crippen LogP contribution in [0.5, 0.6) is 0 Å². The number of primary amides is 1. The maximum Gasteiger partial charge on any atom is 0.257 e. The van der Waals surface area contributed by atoms with E-state index >= 15 is 0 Å². The lowest BCUT2D eigenvalue weighted by Gasteiger charge is -2.31. The highest BCUT2D eigenvalue weighted by Crippen LogP contribution is 2.21. The van der Waals surface area contributed by atoms with Gasteiger partial charge in [-0.3, -0.25) is 14.3 Å². The van der Waals surface area contributed by atoms with Crippen LogP contribution < -0.4 is 16.0 Å². The van der Waals surface area contributed by atoms with E-state index in [2.05, 4.69) is 27.2 Å². The van der Waals surface area contributed by atoms with Crippen molar-refractivity contribution in [1.82, 2.24) is 14.8 Å². The number of nitrogens with zero attached hydrogens (tertiary/aromatic N) is 4. The van der Waals surface area contributed by atoms with E-state index in [0.29, 0.717) is 11.3 Å². The Morgan fingerprint density at radius 2 is 2.04 bits per heavy atom. The number of nitrogens with one attached hydrogen (secondary N) is 1. The Hall–Kier alpha value is -2.90. The van der Waals surface area contributed by atoms with Crippen LogP contribution in [0.1, 0.15) is 30.1 Å². The largest absolute Gasteiger partial charge is 0.368 e. The monoisotopic (exact) mass is 342 g/mol. The minimum absolute atomic E-state index is 0.0272. The van der Waals surface area contributed by atoms with E-state index < -0.39 is 5.91 Å². The Labute approximate surface area is 146 Å². The molecule has 132 valence electrons. The summed E-state index contributed by atoms with van der Waals surface area (Å²) < 4.78 is 1.37. The Kier molecular flexibility index (Phi) is 4.97. The van der Waals surface area contributed by atoms with Gasteiger partial charge in [0.1, 0.15) is 12.4 Å². The molecule has 1 fully saturated rings. The molecule has 25 heavy (non-hydrogen) atoms. The molecule has 0 unspecified atom stereocenters. The first-order valence-electron chi connectivity index (χ1n) is 8.34. The summed E-state index contributed by atoms with van der Waals surface area (Å²) in [5, 5.41) is 6.69. The molecule has 3 N–H and O–H groups in total. The van der Waals surface area contributed by atoms with E-state index in [1.807, 2.05) is 6.07 Å². The van der Waals surface area contributed by atoms with E-state index in [4.69, 9.17) is 5.73 Å². The molecule has 0 spiro atoms. The van der Waals surface area contributed by atoms with Crippen LogP contribution in [0.15, 0.2) is 30.7 Å². The summed E-state index contributed by atoms with van der Waals surface area (Å²) in [7, 11) is 0. The Bertz CT molecular complexity index is 747. The highest BCUT2D eigenvalue weighted by Gasteiger charge is 2.17. The fourth-order valence-corrected chi connectivity index (χ4v) is 2.82. The number of piperidine rings is 1. The SMILES string of the molecule is CC1CCN(c2ccc(C(=O)Nc3cnn(CC(N)=O)c3)cn2)CC1. The van der Waals surface area contributed by atoms with Gasteiger partial charge in [-0.1, -0.05) is 6.92 Å². The lowest BCUT2D eigenvalue weighted by molar-refractivity contribution is -0.118. The number of aromatic nitrogens is 3. The molecule has 1 aliphatic heterocycles. The van der Waals surface area contributed by atoms with Gasteiger partial charge in [-0.2, -0.15) is 5.10 Å². The van der Waals surface area contributed by atoms with E-state index in [0.717, 1.165) is 24.8 Å². The molecule has 1 saturated heterocycles. The topological polar surface area (TPSA) is 106 Å². The molecule has 0 aromatic carbocycles. The molecule has 2 aromatic heterocycles. The average Bonchev–Trinajstić information content (AvgIpc) is 3.02. The Morgan fingerprint density at radius 1 is 1.28 bits per heavy atom. The van der Waals surface area contributed by atoms with Crippen molar-refractivity contribution < 1.29 is 9.59 Å². The van der Waals surface area contributed by atoms with Crippen LogP contribution in [0.3, 0.4) is 0 Å². The van der Waals surface area contributed by atoms with Gasteiger partial charge >= 0.3 is 0 Å². The standard InChI is InChI=1S/C17H22N6O2/c1-12-4-6-22(7-5-12)16-3-2-13(8-19-16)17(25)21-14-9-20-23(10-14)11-15(18)24/h2-3,8-10,12H,4-7,11H2,1H3,(H2,18,24)(H,21,25). The lowest BCUT2D eigenvalue weighted by Crippen LogP contribution is -2.33. The first kappa shape index (κ1) is 16.9. The molecule has 3 heterocycles. The first-order valence-corrected chi connectivity index (χ1v) is 8.34. The molecule has 0 saturated carbocycles. The van der Waals surface area contributed by atoms with Crippen LogP contribution >= 0.6 is 0 Å². The number of amides is 2. The minimum atomic E-state index is -0.493. The Morgan fingerprint density at radius 3 is 2.68 bits per heavy atom. The molecule has 0 bridgehead atoms. The van der Waals surface area contributed by atoms with Crippen molar-refractivity contribution >= 4 is 23.3 Å². The number of carbonyl (C=O) groups is 2. The molecule has 2 aromatic rings. The summed E-state index contributed by atoms with van der Waals surface area (Å²) >= 11 is 0. The molecule has 3 rings (SSSR count). The second-order valence-electron chi connectivity index (χ2n) is 6.42. The third kappa shape index (κ3) is 4.34. The van der Waals surface area contributed by atoms with Crippen molar-refractivity contribution in [3.63, 3.8) is 0 Å². The number of pyridine rings is 1. The zero-order chi connectivity index (χ0) is 17.8. The predicted molar refractivity (Wildman–Crippen MR) is 94.2 cm³/mol. The van der Waals surface area contributed by atoms with Gasteiger partial charge < -0.3 is 16.0 Å². The van der Waals surface area contributed by atoms with Crippen molar-refractivity contribution in [3.05, 3.63) is 36.3 Å². The molecule has 8 heteroatoms. The van der Waals surface area contributed by atoms with Gasteiger partial charge in [0.2, 0.25) is 5.91 Å². The molecule has 0 atom stereocenters. The van der Waals surface area contributed by atoms with Gasteiger partial charge in [-0.25, -0.2) is 4.98 Å². The van der Waals surface area contributed by atoms with Crippen LogP contribution in [-0.2, 0) is 11.3 Å². The second kappa shape index (κ2) is 7.33. The smallest absolute Gasteiger partial charge is 0.257 e. The first-order chi connectivity index (χ1) is 12.0. The van der Waals surface area contributed by atoms with Crippen LogP contribution in [0.4, 0.5) is 11.5 Å². The molecule has 2 amide bonds. The summed E-state index contributed by atoms with van der Waals surface area (Å²) in [4.78, 5) is 29.8. The van der Waals surface area contributed by atoms with Crippen LogP contribution in [0.25, 0.3) is 0 Å². The number of hydrogen-bond acceptors (Lipinski definition) is 5. The third-order valence-electron chi connectivity index (χ3n) is 4.33. The number of anilines is 2. The molecule has 8 nitrogen and oxygen atoms in total. The molecule has 0 radical (unpaired) electrons. The van der Waals surface area contributed by atoms with Gasteiger partial charge in [0.15, 0.2) is 0 Å². The summed E-state index contributed by atoms with van der Waals surface area (Å²) in [6.07, 6.45) is 6.94. The molecular formula is C17H22N6O2. The number of hydrogen-bond donors (Lipinski definition) is 2. The van der Waals surface area contributed by atoms with Crippen LogP contribution in [0.2, 0.25) is 0 Å². The van der Waals surface area contributed by atoms with E-state index in [9.17, 15) is 9.59 Å². The maximum atomic E-state index is 12.3. The fraction of sp³-hybridized carbons (Fsp3) is 0.412. The normalized spacial score (nSPS) is 15.2. The number of nitrogens with two attached hydrogens (primary N) is 1. The van der Waals surface area contributed by atoms with Crippen molar-refractivity contribution in [3.8, 4) is 0 Å². The summed E-state index contributed by atoms with van der Waals surface area (Å²) in [5.41, 5.74) is 6.08. The zero-order valence-corrected chi connectivity index (χ0v) is 14.2. The van der Waals surface area contributed by atoms with Crippen molar-refractivity contribution in [2.24, 2.45) is 11.7 Å². The molecule has 0 aliphatic carbocycles. The summed E-state index contributed by atoms with van der Waals surface area (Å²) in [6, 6.07) is 3.64. The van der Waals surface area contributed by atoms with Crippen LogP contribution in [0, 0.1) is 5.92 Å². The zero-order valence-electron chi connectivity index (χ0n) is 14.2. The lowest BCUT2D eigenvalue weighted by atomic mass is 9.99. The van der Waals surface area contributed by atoms with Gasteiger partial charge in [-0.05, 0) is 30.9 Å². The minimum Gasteiger partial charge on any atom is -0.368 e. The van der Waals surface area contributed by atoms with E-state index in [-0.39, 0.29) is 12.5 Å². The summed E-state index contributed by atoms with van der Waals surface area (Å²) in [5.74, 6) is 0.896. The number of rotatable bonds is 5. The molecular weight excluding hydrogens is 320 g/mol. The van der Waals surface area contributed by atoms with Crippen molar-refractivity contribution in [2.45, 2.75) is 26.3 Å². The quantitative estimate of drug-likeness (QED) is 0.850. The Balaban J connectivity index is 1.60. The van der Waals surface area contributed by atoms with E-state index in [1.165, 1.54) is 23.7 Å². The highest BCUT2D eigenvalue weighted by molar-refractivity contribution is 6.04. The fourth-order valence-electron chi connectivity index (χ4n) is 2.82. The van der Waals surface area contributed by atoms with Crippen LogP contribution in [-0.4, -0.2) is 39.7 Å². The second-order valence-corrected chi connectivity index (χ2v) is 6.42. The highest BCUT2D eigenvalue weighted by atomic mass is 16.2. The van der Waals surface area contributed by atoms with E-state index in [1.54, 1.807) is 18.5 Å². The predicted octanol–water partition coefficient (Wildman–Crippen LogP) is 1.25. The summed E-state index contributed by atoms with van der Waals surface area (Å²) in [6.45, 7) is 4.24. The van der Waals surface area contributed by atoms with Gasteiger partial charge in [0.25, 0.3) is 5.91 Å². The van der Waals surface area contributed by atoms with Crippen molar-refractivity contribution in [1.29, 1.82) is 0 Å². The molecule has 1 aliphatic rings. The third-order valence-corrected chi connectivity index (χ3v) is 4.33. The van der Waals surface area contributed by atoms with Gasteiger partial charge in [0, 0.05) is 25.5 Å². The van der Waals surface area contributed by atoms with Gasteiger partial charge in [-0.15, -0.1) is 0 Å². The van der Waals surface area contributed by atoms with Gasteiger partial charge in [0.05, 0.1) is 17.4 Å². The maximum absolute atomic E-state index is 12.3. The van der Waals surface area contributed by atoms with Crippen molar-refractivity contribution in [2.75, 3.05) is 23.3 Å². The number of carbonyl (C=O) groups excluding carboxylic acids is 2.